The molecule has 3 heterocycles. The van der Waals surface area contributed by atoms with Crippen LogP contribution in [0, 0.1) is 5.41 Å². The van der Waals surface area contributed by atoms with Crippen LogP contribution >= 0.6 is 22.7 Å². The van der Waals surface area contributed by atoms with Gasteiger partial charge < -0.3 is 10.4 Å². The third-order valence-corrected chi connectivity index (χ3v) is 9.48. The average molecular weight is 568 g/mol. The number of aryl methyl sites for hydroxylation is 1. The minimum atomic E-state index is -4.69. The first-order valence-corrected chi connectivity index (χ1v) is 13.9. The number of allylic oxidation sites excluding steroid dienone is 2. The van der Waals surface area contributed by atoms with E-state index in [4.69, 9.17) is 10.5 Å². The highest BCUT2D eigenvalue weighted by Crippen LogP contribution is 2.34. The molecular formula is C24H20F3N3O4S3. The lowest BCUT2D eigenvalue weighted by Crippen LogP contribution is -2.24. The zero-order valence-corrected chi connectivity index (χ0v) is 21.6. The number of halogens is 3. The van der Waals surface area contributed by atoms with Gasteiger partial charge in [-0.2, -0.15) is 32.9 Å². The Morgan fingerprint density at radius 1 is 1.19 bits per heavy atom. The van der Waals surface area contributed by atoms with Gasteiger partial charge in [0.1, 0.15) is 9.91 Å². The molecule has 0 spiro atoms. The zero-order chi connectivity index (χ0) is 27.0. The summed E-state index contributed by atoms with van der Waals surface area (Å²) in [5.41, 5.74) is 1.06. The lowest BCUT2D eigenvalue weighted by molar-refractivity contribution is -0.136. The number of nitrogens with zero attached hydrogens (tertiary/aromatic N) is 1. The Kier molecular flexibility index (Phi) is 7.31. The summed E-state index contributed by atoms with van der Waals surface area (Å²) in [4.78, 5) is 11.2. The summed E-state index contributed by atoms with van der Waals surface area (Å²) in [6.07, 6.45) is -2.79. The fourth-order valence-corrected chi connectivity index (χ4v) is 7.10. The molecule has 0 atom stereocenters. The second kappa shape index (κ2) is 10.1. The maximum absolute atomic E-state index is 13.6. The average Bonchev–Trinajstić information content (AvgIpc) is 3.59. The van der Waals surface area contributed by atoms with Gasteiger partial charge in [0.2, 0.25) is 0 Å². The van der Waals surface area contributed by atoms with Gasteiger partial charge in [0, 0.05) is 25.1 Å². The van der Waals surface area contributed by atoms with E-state index in [0.717, 1.165) is 22.1 Å². The van der Waals surface area contributed by atoms with Gasteiger partial charge in [0.25, 0.3) is 10.0 Å². The maximum Gasteiger partial charge on any atom is 0.430 e. The van der Waals surface area contributed by atoms with Crippen molar-refractivity contribution < 1.29 is 31.5 Å². The molecule has 0 aliphatic rings. The number of hydrogen-bond donors (Lipinski definition) is 3. The third kappa shape index (κ3) is 5.48. The molecule has 0 amide bonds. The van der Waals surface area contributed by atoms with Crippen molar-refractivity contribution >= 4 is 55.3 Å². The van der Waals surface area contributed by atoms with Crippen molar-refractivity contribution in [1.82, 2.24) is 9.29 Å². The van der Waals surface area contributed by atoms with Crippen LogP contribution in [0.1, 0.15) is 16.9 Å². The van der Waals surface area contributed by atoms with Gasteiger partial charge in [-0.15, -0.1) is 11.3 Å². The van der Waals surface area contributed by atoms with Crippen molar-refractivity contribution in [3.8, 4) is 11.1 Å². The summed E-state index contributed by atoms with van der Waals surface area (Å²) in [5, 5.41) is 23.6. The van der Waals surface area contributed by atoms with Crippen molar-refractivity contribution in [2.24, 2.45) is 0 Å². The number of hydrogen-bond acceptors (Lipinski definition) is 7. The highest BCUT2D eigenvalue weighted by Gasteiger charge is 2.33. The number of nitrogens with one attached hydrogen (secondary N) is 2. The summed E-state index contributed by atoms with van der Waals surface area (Å²) in [5.74, 6) is -1.02. The first-order chi connectivity index (χ1) is 17.4. The molecule has 13 heteroatoms. The Morgan fingerprint density at radius 2 is 1.95 bits per heavy atom. The fraction of sp³-hybridized carbons (Fsp3) is 0.167. The summed E-state index contributed by atoms with van der Waals surface area (Å²) < 4.78 is 67.1. The predicted molar refractivity (Wildman–Crippen MR) is 138 cm³/mol. The topological polar surface area (TPSA) is 112 Å². The molecule has 0 unspecified atom stereocenters. The molecule has 3 N–H and O–H groups in total. The molecule has 0 saturated carbocycles. The number of carbonyl (C=O) groups is 1. The molecule has 37 heavy (non-hydrogen) atoms. The first kappa shape index (κ1) is 26.6. The van der Waals surface area contributed by atoms with Crippen LogP contribution in [0.15, 0.2) is 69.3 Å². The van der Waals surface area contributed by atoms with E-state index in [1.165, 1.54) is 29.7 Å². The number of benzene rings is 1. The quantitative estimate of drug-likeness (QED) is 0.224. The highest BCUT2D eigenvalue weighted by molar-refractivity contribution is 7.92. The number of thiophene rings is 2. The fourth-order valence-electron chi connectivity index (χ4n) is 3.73. The number of carboxylic acids is 1. The van der Waals surface area contributed by atoms with Gasteiger partial charge >= 0.3 is 12.1 Å². The molecule has 0 bridgehead atoms. The number of alkyl halides is 3. The van der Waals surface area contributed by atoms with E-state index in [0.29, 0.717) is 33.9 Å². The minimum Gasteiger partial charge on any atom is -0.481 e. The van der Waals surface area contributed by atoms with Crippen LogP contribution in [-0.2, 0) is 21.2 Å². The van der Waals surface area contributed by atoms with Crippen molar-refractivity contribution in [2.45, 2.75) is 23.2 Å². The van der Waals surface area contributed by atoms with Gasteiger partial charge in [-0.05, 0) is 70.3 Å². The summed E-state index contributed by atoms with van der Waals surface area (Å²) in [7, 11) is -3.11. The van der Waals surface area contributed by atoms with E-state index in [9.17, 15) is 26.4 Å². The second-order valence-electron chi connectivity index (χ2n) is 7.93. The Hall–Kier alpha value is -3.42. The van der Waals surface area contributed by atoms with E-state index in [1.54, 1.807) is 12.1 Å². The molecule has 4 rings (SSSR count). The van der Waals surface area contributed by atoms with E-state index in [-0.39, 0.29) is 21.9 Å². The number of carboxylic acid groups (broad SMARTS) is 1. The second-order valence-corrected chi connectivity index (χ2v) is 11.8. The lowest BCUT2D eigenvalue weighted by atomic mass is 10.0. The molecule has 4 aromatic rings. The van der Waals surface area contributed by atoms with Crippen LogP contribution in [0.4, 0.5) is 13.2 Å². The van der Waals surface area contributed by atoms with Gasteiger partial charge in [0.15, 0.2) is 0 Å². The molecule has 0 aliphatic heterocycles. The molecule has 1 aromatic carbocycles. The van der Waals surface area contributed by atoms with Gasteiger partial charge in [-0.25, -0.2) is 3.97 Å². The molecule has 0 radical (unpaired) electrons. The number of aromatic nitrogens is 1. The standard InChI is InChI=1S/C24H20F3N3O4S3/c1-29-21(24(25,26)27)11-18(28)20-5-7-23(36-20)37(33,34)30-12-15(3-6-22(31)32)17-10-14(2-4-19(17)30)16-8-9-35-13-16/h2,4-5,7-13,28-29H,3,6H2,1H3,(H,31,32)/b21-11-,28-18?. The molecule has 0 aliphatic carbocycles. The van der Waals surface area contributed by atoms with E-state index < -0.39 is 33.6 Å². The predicted octanol–water partition coefficient (Wildman–Crippen LogP) is 5.72. The van der Waals surface area contributed by atoms with E-state index >= 15 is 0 Å². The summed E-state index contributed by atoms with van der Waals surface area (Å²) >= 11 is 2.19. The van der Waals surface area contributed by atoms with Crippen LogP contribution in [0.5, 0.6) is 0 Å². The normalized spacial score (nSPS) is 12.7. The van der Waals surface area contributed by atoms with Crippen molar-refractivity contribution in [1.29, 1.82) is 5.41 Å². The number of aliphatic carboxylic acids is 1. The number of rotatable bonds is 9. The van der Waals surface area contributed by atoms with Crippen molar-refractivity contribution in [3.63, 3.8) is 0 Å². The molecular weight excluding hydrogens is 547 g/mol. The monoisotopic (exact) mass is 567 g/mol. The maximum atomic E-state index is 13.6. The SMILES string of the molecule is CN/C(=C\C(=N)c1ccc(S(=O)(=O)n2cc(CCC(=O)O)c3cc(-c4ccsc4)ccc32)s1)C(F)(F)F. The summed E-state index contributed by atoms with van der Waals surface area (Å²) in [6, 6.07) is 9.68. The van der Waals surface area contributed by atoms with Crippen molar-refractivity contribution in [2.75, 3.05) is 7.05 Å². The van der Waals surface area contributed by atoms with Gasteiger partial charge in [-0.1, -0.05) is 6.07 Å². The Morgan fingerprint density at radius 3 is 2.57 bits per heavy atom. The third-order valence-electron chi connectivity index (χ3n) is 5.54. The Balaban J connectivity index is 1.77. The van der Waals surface area contributed by atoms with E-state index in [2.05, 4.69) is 0 Å². The van der Waals surface area contributed by atoms with Gasteiger partial charge in [-0.3, -0.25) is 10.2 Å². The van der Waals surface area contributed by atoms with Crippen LogP contribution in [0.2, 0.25) is 0 Å². The largest absolute Gasteiger partial charge is 0.481 e. The van der Waals surface area contributed by atoms with Crippen molar-refractivity contribution in [3.05, 3.63) is 75.6 Å². The lowest BCUT2D eigenvalue weighted by Gasteiger charge is -2.10. The van der Waals surface area contributed by atoms with Gasteiger partial charge in [0.05, 0.1) is 16.1 Å². The van der Waals surface area contributed by atoms with Crippen LogP contribution < -0.4 is 5.32 Å². The Labute approximate surface area is 218 Å². The minimum absolute atomic E-state index is 0.0397. The van der Waals surface area contributed by atoms with E-state index in [1.807, 2.05) is 28.2 Å². The molecule has 0 saturated heterocycles. The highest BCUT2D eigenvalue weighted by atomic mass is 32.2. The van der Waals surface area contributed by atoms with Crippen LogP contribution in [0.3, 0.4) is 0 Å². The molecule has 0 fully saturated rings. The van der Waals surface area contributed by atoms with Crippen LogP contribution in [0.25, 0.3) is 22.0 Å². The molecule has 7 nitrogen and oxygen atoms in total. The van der Waals surface area contributed by atoms with Crippen LogP contribution in [-0.4, -0.2) is 42.4 Å². The molecule has 194 valence electrons. The zero-order valence-electron chi connectivity index (χ0n) is 19.2. The summed E-state index contributed by atoms with van der Waals surface area (Å²) in [6.45, 7) is 0. The Bertz CT molecular complexity index is 1620. The first-order valence-electron chi connectivity index (χ1n) is 10.7. The number of fused-ring (bicyclic) bond motifs is 1. The molecule has 3 aromatic heterocycles. The smallest absolute Gasteiger partial charge is 0.430 e.